The lowest BCUT2D eigenvalue weighted by Crippen LogP contribution is -2.46. The molecule has 7 nitrogen and oxygen atoms in total. The van der Waals surface area contributed by atoms with E-state index in [1.54, 1.807) is 0 Å². The van der Waals surface area contributed by atoms with Crippen molar-refractivity contribution in [2.24, 2.45) is 0 Å². The Kier molecular flexibility index (Phi) is 6.29. The molecule has 0 aliphatic carbocycles. The zero-order valence-corrected chi connectivity index (χ0v) is 16.9. The van der Waals surface area contributed by atoms with Crippen LogP contribution in [0.4, 0.5) is 0 Å². The molecule has 6 atom stereocenters. The van der Waals surface area contributed by atoms with Gasteiger partial charge >= 0.3 is 0 Å². The van der Waals surface area contributed by atoms with Gasteiger partial charge in [-0.05, 0) is 41.5 Å². The second kappa shape index (κ2) is 7.99. The van der Waals surface area contributed by atoms with Gasteiger partial charge in [-0.25, -0.2) is 0 Å². The molecule has 0 N–H and O–H groups in total. The molecule has 3 heterocycles. The van der Waals surface area contributed by atoms with Crippen LogP contribution < -0.4 is 0 Å². The Balaban J connectivity index is 1.43. The smallest absolute Gasteiger partial charge is 0.190 e. The molecule has 3 saturated heterocycles. The number of ether oxygens (including phenoxy) is 7. The average molecular weight is 374 g/mol. The van der Waals surface area contributed by atoms with Gasteiger partial charge in [-0.1, -0.05) is 0 Å². The predicted octanol–water partition coefficient (Wildman–Crippen LogP) is 2.60. The molecule has 0 aromatic heterocycles. The van der Waals surface area contributed by atoms with Crippen LogP contribution in [0.25, 0.3) is 0 Å². The first-order valence-electron chi connectivity index (χ1n) is 9.62. The summed E-state index contributed by atoms with van der Waals surface area (Å²) in [6, 6.07) is 0. The molecule has 3 aliphatic rings. The summed E-state index contributed by atoms with van der Waals surface area (Å²) in [7, 11) is 0. The van der Waals surface area contributed by atoms with E-state index in [4.69, 9.17) is 33.2 Å². The zero-order valence-electron chi connectivity index (χ0n) is 16.9. The number of rotatable bonds is 6. The first kappa shape index (κ1) is 20.5. The summed E-state index contributed by atoms with van der Waals surface area (Å²) < 4.78 is 41.1. The fourth-order valence-corrected chi connectivity index (χ4v) is 3.23. The van der Waals surface area contributed by atoms with Crippen molar-refractivity contribution in [3.05, 3.63) is 0 Å². The maximum atomic E-state index is 6.08. The van der Waals surface area contributed by atoms with Gasteiger partial charge < -0.3 is 33.2 Å². The van der Waals surface area contributed by atoms with E-state index in [1.807, 2.05) is 41.5 Å². The van der Waals surface area contributed by atoms with Crippen molar-refractivity contribution in [2.75, 3.05) is 19.8 Å². The van der Waals surface area contributed by atoms with Crippen LogP contribution in [0.5, 0.6) is 0 Å². The third kappa shape index (κ3) is 5.61. The van der Waals surface area contributed by atoms with Gasteiger partial charge in [-0.15, -0.1) is 0 Å². The molecule has 3 rings (SSSR count). The first-order valence-corrected chi connectivity index (χ1v) is 9.62. The topological polar surface area (TPSA) is 64.6 Å². The summed E-state index contributed by atoms with van der Waals surface area (Å²) in [5, 5.41) is 0. The van der Waals surface area contributed by atoms with Gasteiger partial charge in [0.2, 0.25) is 0 Å². The highest BCUT2D eigenvalue weighted by molar-refractivity contribution is 4.94. The van der Waals surface area contributed by atoms with Crippen LogP contribution in [0.15, 0.2) is 0 Å². The molecule has 0 saturated carbocycles. The second-order valence-electron chi connectivity index (χ2n) is 9.07. The van der Waals surface area contributed by atoms with E-state index in [9.17, 15) is 0 Å². The molecule has 0 spiro atoms. The van der Waals surface area contributed by atoms with E-state index in [0.29, 0.717) is 32.7 Å². The molecule has 3 aliphatic heterocycles. The lowest BCUT2D eigenvalue weighted by Gasteiger charge is -2.34. The maximum Gasteiger partial charge on any atom is 0.190 e. The van der Waals surface area contributed by atoms with Crippen molar-refractivity contribution in [1.29, 1.82) is 0 Å². The van der Waals surface area contributed by atoms with Crippen molar-refractivity contribution in [3.63, 3.8) is 0 Å². The van der Waals surface area contributed by atoms with Crippen molar-refractivity contribution >= 4 is 0 Å². The molecule has 0 bridgehead atoms. The minimum absolute atomic E-state index is 0.142. The van der Waals surface area contributed by atoms with E-state index in [0.717, 1.165) is 0 Å². The van der Waals surface area contributed by atoms with Gasteiger partial charge in [0.05, 0.1) is 31.0 Å². The van der Waals surface area contributed by atoms with Crippen molar-refractivity contribution in [2.45, 2.75) is 103 Å². The number of hydrogen-bond donors (Lipinski definition) is 0. The first-order chi connectivity index (χ1) is 12.1. The van der Waals surface area contributed by atoms with Crippen LogP contribution in [-0.2, 0) is 33.2 Å². The maximum absolute atomic E-state index is 6.08. The summed E-state index contributed by atoms with van der Waals surface area (Å²) >= 11 is 0. The predicted molar refractivity (Wildman–Crippen MR) is 93.7 cm³/mol. The van der Waals surface area contributed by atoms with Gasteiger partial charge in [0.1, 0.15) is 18.3 Å². The van der Waals surface area contributed by atoms with Crippen LogP contribution in [-0.4, -0.2) is 68.2 Å². The third-order valence-corrected chi connectivity index (χ3v) is 4.39. The Hall–Kier alpha value is -0.280. The van der Waals surface area contributed by atoms with E-state index >= 15 is 0 Å². The normalized spacial score (nSPS) is 37.6. The molecular weight excluding hydrogens is 340 g/mol. The standard InChI is InChI=1S/C19H34O7/c1-18(2,3)21-9-7-13-20-11-12-15(24-13)16-17(23-12)26-14(25-16)8-10-22-19(4,5)6/h12-17H,7-11H2,1-6H3/t12-,13?,14?,15+,16-,17-/m1/s1. The van der Waals surface area contributed by atoms with Gasteiger partial charge in [-0.2, -0.15) is 0 Å². The molecule has 2 unspecified atom stereocenters. The van der Waals surface area contributed by atoms with Gasteiger partial charge in [-0.3, -0.25) is 0 Å². The van der Waals surface area contributed by atoms with Crippen molar-refractivity contribution in [1.82, 2.24) is 0 Å². The zero-order chi connectivity index (χ0) is 18.9. The summed E-state index contributed by atoms with van der Waals surface area (Å²) in [5.41, 5.74) is -0.328. The van der Waals surface area contributed by atoms with E-state index in [2.05, 4.69) is 0 Å². The second-order valence-corrected chi connectivity index (χ2v) is 9.07. The van der Waals surface area contributed by atoms with Gasteiger partial charge in [0, 0.05) is 12.8 Å². The highest BCUT2D eigenvalue weighted by Gasteiger charge is 2.55. The fourth-order valence-electron chi connectivity index (χ4n) is 3.23. The number of hydrogen-bond acceptors (Lipinski definition) is 7. The van der Waals surface area contributed by atoms with Crippen LogP contribution in [0.2, 0.25) is 0 Å². The molecule has 0 aromatic rings. The minimum atomic E-state index is -0.391. The average Bonchev–Trinajstić information content (AvgIpc) is 3.02. The van der Waals surface area contributed by atoms with Gasteiger partial charge in [0.25, 0.3) is 0 Å². The summed E-state index contributed by atoms with van der Waals surface area (Å²) in [4.78, 5) is 0. The van der Waals surface area contributed by atoms with Crippen molar-refractivity contribution < 1.29 is 33.2 Å². The lowest BCUT2D eigenvalue weighted by molar-refractivity contribution is -0.274. The molecule has 26 heavy (non-hydrogen) atoms. The Morgan fingerprint density at radius 3 is 1.92 bits per heavy atom. The monoisotopic (exact) mass is 374 g/mol. The van der Waals surface area contributed by atoms with Crippen LogP contribution in [0.1, 0.15) is 54.4 Å². The van der Waals surface area contributed by atoms with Crippen molar-refractivity contribution in [3.8, 4) is 0 Å². The van der Waals surface area contributed by atoms with Crippen LogP contribution >= 0.6 is 0 Å². The molecule has 0 aromatic carbocycles. The molecule has 7 heteroatoms. The van der Waals surface area contributed by atoms with Crippen LogP contribution in [0.3, 0.4) is 0 Å². The van der Waals surface area contributed by atoms with E-state index < -0.39 is 6.29 Å². The molecule has 0 amide bonds. The number of fused-ring (bicyclic) bond motifs is 3. The molecule has 3 fully saturated rings. The van der Waals surface area contributed by atoms with Crippen LogP contribution in [0, 0.1) is 0 Å². The largest absolute Gasteiger partial charge is 0.376 e. The summed E-state index contributed by atoms with van der Waals surface area (Å²) in [6.45, 7) is 13.9. The Morgan fingerprint density at radius 1 is 0.731 bits per heavy atom. The third-order valence-electron chi connectivity index (χ3n) is 4.39. The molecular formula is C19H34O7. The Labute approximate surface area is 156 Å². The minimum Gasteiger partial charge on any atom is -0.376 e. The molecule has 0 radical (unpaired) electrons. The summed E-state index contributed by atoms with van der Waals surface area (Å²) in [5.74, 6) is 0. The van der Waals surface area contributed by atoms with Gasteiger partial charge in [0.15, 0.2) is 18.9 Å². The SMILES string of the molecule is CC(C)(C)OCCC1OC[C@H]2O[C@@H]3OC(CCOC(C)(C)C)O[C@@H]3[C@H]2O1. The quantitative estimate of drug-likeness (QED) is 0.708. The highest BCUT2D eigenvalue weighted by Crippen LogP contribution is 2.38. The summed E-state index contributed by atoms with van der Waals surface area (Å²) in [6.07, 6.45) is -0.174. The van der Waals surface area contributed by atoms with E-state index in [1.165, 1.54) is 0 Å². The molecule has 152 valence electrons. The Bertz CT molecular complexity index is 456. The lowest BCUT2D eigenvalue weighted by atomic mass is 10.1. The Morgan fingerprint density at radius 2 is 1.31 bits per heavy atom. The van der Waals surface area contributed by atoms with E-state index in [-0.39, 0.29) is 42.1 Å². The highest BCUT2D eigenvalue weighted by atomic mass is 16.8. The fraction of sp³-hybridized carbons (Fsp3) is 1.00.